The van der Waals surface area contributed by atoms with Gasteiger partial charge in [-0.2, -0.15) is 4.98 Å². The van der Waals surface area contributed by atoms with Gasteiger partial charge >= 0.3 is 6.01 Å². The van der Waals surface area contributed by atoms with E-state index >= 15 is 0 Å². The van der Waals surface area contributed by atoms with Gasteiger partial charge < -0.3 is 4.42 Å². The standard InChI is InChI=1S/C10H11N3O/c1-2-5-9-8(4-1)12-10(14-9)13-7-3-6-11-13/h1-2,4-5,11H,3,6-7H2. The van der Waals surface area contributed by atoms with Gasteiger partial charge in [-0.15, -0.1) is 0 Å². The third-order valence-corrected chi connectivity index (χ3v) is 2.37. The topological polar surface area (TPSA) is 41.3 Å². The molecule has 14 heavy (non-hydrogen) atoms. The molecule has 0 radical (unpaired) electrons. The van der Waals surface area contributed by atoms with E-state index in [9.17, 15) is 0 Å². The van der Waals surface area contributed by atoms with E-state index in [0.29, 0.717) is 6.01 Å². The molecule has 72 valence electrons. The number of hydrogen-bond acceptors (Lipinski definition) is 4. The summed E-state index contributed by atoms with van der Waals surface area (Å²) in [7, 11) is 0. The second-order valence-corrected chi connectivity index (χ2v) is 3.38. The molecule has 0 saturated carbocycles. The molecule has 1 fully saturated rings. The van der Waals surface area contributed by atoms with Crippen molar-refractivity contribution in [2.24, 2.45) is 0 Å². The van der Waals surface area contributed by atoms with Gasteiger partial charge in [-0.3, -0.25) is 5.01 Å². The van der Waals surface area contributed by atoms with Gasteiger partial charge in [0.2, 0.25) is 0 Å². The summed E-state index contributed by atoms with van der Waals surface area (Å²) in [5.74, 6) is 0. The zero-order valence-electron chi connectivity index (χ0n) is 7.73. The molecule has 0 spiro atoms. The molecule has 2 heterocycles. The first-order valence-electron chi connectivity index (χ1n) is 4.80. The van der Waals surface area contributed by atoms with Crippen LogP contribution in [0, 0.1) is 0 Å². The van der Waals surface area contributed by atoms with Crippen LogP contribution in [0.5, 0.6) is 0 Å². The summed E-state index contributed by atoms with van der Waals surface area (Å²) >= 11 is 0. The van der Waals surface area contributed by atoms with Crippen LogP contribution in [0.15, 0.2) is 28.7 Å². The van der Waals surface area contributed by atoms with Gasteiger partial charge in [-0.25, -0.2) is 5.43 Å². The van der Waals surface area contributed by atoms with Gasteiger partial charge in [0.25, 0.3) is 0 Å². The lowest BCUT2D eigenvalue weighted by molar-refractivity contribution is 0.562. The van der Waals surface area contributed by atoms with E-state index < -0.39 is 0 Å². The maximum Gasteiger partial charge on any atom is 0.313 e. The monoisotopic (exact) mass is 189 g/mol. The highest BCUT2D eigenvalue weighted by atomic mass is 16.4. The summed E-state index contributed by atoms with van der Waals surface area (Å²) in [4.78, 5) is 4.39. The van der Waals surface area contributed by atoms with Crippen molar-refractivity contribution in [3.8, 4) is 0 Å². The molecule has 0 amide bonds. The molecular weight excluding hydrogens is 178 g/mol. The van der Waals surface area contributed by atoms with Crippen molar-refractivity contribution in [3.63, 3.8) is 0 Å². The maximum atomic E-state index is 5.60. The molecule has 0 atom stereocenters. The molecule has 0 aliphatic carbocycles. The summed E-state index contributed by atoms with van der Waals surface area (Å²) in [5.41, 5.74) is 4.97. The van der Waals surface area contributed by atoms with Crippen LogP contribution < -0.4 is 10.4 Å². The van der Waals surface area contributed by atoms with Crippen molar-refractivity contribution >= 4 is 17.1 Å². The SMILES string of the molecule is c1ccc2oc(N3CCCN3)nc2c1. The minimum atomic E-state index is 0.670. The van der Waals surface area contributed by atoms with E-state index in [1.165, 1.54) is 0 Å². The molecule has 1 N–H and O–H groups in total. The van der Waals surface area contributed by atoms with Gasteiger partial charge in [0.05, 0.1) is 0 Å². The highest BCUT2D eigenvalue weighted by Gasteiger charge is 2.16. The van der Waals surface area contributed by atoms with Crippen molar-refractivity contribution in [3.05, 3.63) is 24.3 Å². The summed E-state index contributed by atoms with van der Waals surface area (Å²) in [5, 5.41) is 1.96. The summed E-state index contributed by atoms with van der Waals surface area (Å²) < 4.78 is 5.60. The average Bonchev–Trinajstić information content (AvgIpc) is 2.86. The van der Waals surface area contributed by atoms with Crippen LogP contribution in [-0.2, 0) is 0 Å². The van der Waals surface area contributed by atoms with Crippen molar-refractivity contribution in [1.82, 2.24) is 10.4 Å². The molecule has 2 aromatic rings. The number of hydrazine groups is 1. The zero-order valence-corrected chi connectivity index (χ0v) is 7.73. The number of nitrogens with zero attached hydrogens (tertiary/aromatic N) is 2. The van der Waals surface area contributed by atoms with Crippen LogP contribution in [0.3, 0.4) is 0 Å². The number of para-hydroxylation sites is 2. The number of benzene rings is 1. The Morgan fingerprint density at radius 2 is 2.29 bits per heavy atom. The number of fused-ring (bicyclic) bond motifs is 1. The Labute approximate surface area is 81.5 Å². The predicted molar refractivity (Wildman–Crippen MR) is 54.0 cm³/mol. The highest BCUT2D eigenvalue weighted by Crippen LogP contribution is 2.21. The van der Waals surface area contributed by atoms with E-state index in [2.05, 4.69) is 10.4 Å². The molecule has 1 aromatic heterocycles. The number of anilines is 1. The fourth-order valence-corrected chi connectivity index (χ4v) is 1.67. The fraction of sp³-hybridized carbons (Fsp3) is 0.300. The van der Waals surface area contributed by atoms with E-state index in [0.717, 1.165) is 30.6 Å². The van der Waals surface area contributed by atoms with E-state index in [1.54, 1.807) is 0 Å². The van der Waals surface area contributed by atoms with E-state index in [-0.39, 0.29) is 0 Å². The Kier molecular flexibility index (Phi) is 1.67. The highest BCUT2D eigenvalue weighted by molar-refractivity contribution is 5.74. The number of hydrogen-bond donors (Lipinski definition) is 1. The molecule has 4 nitrogen and oxygen atoms in total. The first kappa shape index (κ1) is 7.82. The zero-order chi connectivity index (χ0) is 9.38. The summed E-state index contributed by atoms with van der Waals surface area (Å²) in [6.07, 6.45) is 1.14. The molecule has 4 heteroatoms. The molecule has 1 aromatic carbocycles. The minimum Gasteiger partial charge on any atom is -0.422 e. The Morgan fingerprint density at radius 3 is 3.07 bits per heavy atom. The van der Waals surface area contributed by atoms with Crippen molar-refractivity contribution < 1.29 is 4.42 Å². The summed E-state index contributed by atoms with van der Waals surface area (Å²) in [6, 6.07) is 8.48. The van der Waals surface area contributed by atoms with Crippen molar-refractivity contribution in [2.75, 3.05) is 18.1 Å². The van der Waals surface area contributed by atoms with E-state index in [4.69, 9.17) is 4.42 Å². The third-order valence-electron chi connectivity index (χ3n) is 2.37. The maximum absolute atomic E-state index is 5.60. The lowest BCUT2D eigenvalue weighted by Crippen LogP contribution is -2.30. The largest absolute Gasteiger partial charge is 0.422 e. The molecule has 0 unspecified atom stereocenters. The second kappa shape index (κ2) is 2.99. The Balaban J connectivity index is 2.05. The fourth-order valence-electron chi connectivity index (χ4n) is 1.67. The Morgan fingerprint density at radius 1 is 1.36 bits per heavy atom. The summed E-state index contributed by atoms with van der Waals surface area (Å²) in [6.45, 7) is 1.96. The third kappa shape index (κ3) is 1.15. The van der Waals surface area contributed by atoms with Crippen LogP contribution in [-0.4, -0.2) is 18.1 Å². The van der Waals surface area contributed by atoms with Gasteiger partial charge in [-0.1, -0.05) is 12.1 Å². The number of rotatable bonds is 1. The number of nitrogens with one attached hydrogen (secondary N) is 1. The second-order valence-electron chi connectivity index (χ2n) is 3.38. The van der Waals surface area contributed by atoms with Crippen LogP contribution >= 0.6 is 0 Å². The molecule has 1 aliphatic rings. The van der Waals surface area contributed by atoms with Crippen LogP contribution in [0.25, 0.3) is 11.1 Å². The molecule has 1 saturated heterocycles. The normalized spacial score (nSPS) is 16.7. The molecule has 1 aliphatic heterocycles. The van der Waals surface area contributed by atoms with Gasteiger partial charge in [-0.05, 0) is 18.6 Å². The first-order chi connectivity index (χ1) is 6.93. The quantitative estimate of drug-likeness (QED) is 0.738. The number of aromatic nitrogens is 1. The van der Waals surface area contributed by atoms with Gasteiger partial charge in [0.15, 0.2) is 5.58 Å². The van der Waals surface area contributed by atoms with Gasteiger partial charge in [0, 0.05) is 13.1 Å². The van der Waals surface area contributed by atoms with Crippen molar-refractivity contribution in [2.45, 2.75) is 6.42 Å². The van der Waals surface area contributed by atoms with Gasteiger partial charge in [0.1, 0.15) is 5.52 Å². The lowest BCUT2D eigenvalue weighted by atomic mass is 10.3. The van der Waals surface area contributed by atoms with Crippen molar-refractivity contribution in [1.29, 1.82) is 0 Å². The van der Waals surface area contributed by atoms with Crippen LogP contribution in [0.4, 0.5) is 6.01 Å². The molecular formula is C10H11N3O. The number of oxazole rings is 1. The average molecular weight is 189 g/mol. The lowest BCUT2D eigenvalue weighted by Gasteiger charge is -2.10. The Bertz CT molecular complexity index is 412. The molecule has 3 rings (SSSR count). The first-order valence-corrected chi connectivity index (χ1v) is 4.80. The predicted octanol–water partition coefficient (Wildman–Crippen LogP) is 1.54. The molecule has 0 bridgehead atoms. The Hall–Kier alpha value is -1.55. The minimum absolute atomic E-state index is 0.670. The van der Waals surface area contributed by atoms with Crippen LogP contribution in [0.2, 0.25) is 0 Å². The van der Waals surface area contributed by atoms with Crippen LogP contribution in [0.1, 0.15) is 6.42 Å². The smallest absolute Gasteiger partial charge is 0.313 e. The van der Waals surface area contributed by atoms with E-state index in [1.807, 2.05) is 29.3 Å².